The molecule has 2 N–H and O–H groups in total. The average molecular weight is 312 g/mol. The summed E-state index contributed by atoms with van der Waals surface area (Å²) in [6.07, 6.45) is 0. The highest BCUT2D eigenvalue weighted by atomic mass is 16.6. The number of oxazole rings is 1. The Bertz CT molecular complexity index is 811. The van der Waals surface area contributed by atoms with E-state index < -0.39 is 4.92 Å². The maximum atomic E-state index is 11.3. The van der Waals surface area contributed by atoms with Crippen molar-refractivity contribution in [2.24, 2.45) is 0 Å². The average Bonchev–Trinajstić information content (AvgIpc) is 2.99. The molecule has 0 aliphatic rings. The molecular formula is C16H16N4O3. The van der Waals surface area contributed by atoms with Gasteiger partial charge < -0.3 is 15.1 Å². The quantitative estimate of drug-likeness (QED) is 0.413. The fourth-order valence-corrected chi connectivity index (χ4v) is 2.28. The van der Waals surface area contributed by atoms with Crippen molar-refractivity contribution < 1.29 is 9.34 Å². The van der Waals surface area contributed by atoms with Crippen molar-refractivity contribution in [1.82, 2.24) is 10.3 Å². The van der Waals surface area contributed by atoms with Crippen molar-refractivity contribution in [3.63, 3.8) is 0 Å². The summed E-state index contributed by atoms with van der Waals surface area (Å²) >= 11 is 0. The van der Waals surface area contributed by atoms with Crippen LogP contribution in [0.4, 0.5) is 11.4 Å². The number of benzene rings is 2. The Morgan fingerprint density at radius 3 is 2.78 bits per heavy atom. The minimum absolute atomic E-state index is 0.000796. The van der Waals surface area contributed by atoms with Gasteiger partial charge >= 0.3 is 0 Å². The second kappa shape index (κ2) is 6.45. The van der Waals surface area contributed by atoms with Crippen molar-refractivity contribution in [1.29, 1.82) is 0 Å². The lowest BCUT2D eigenvalue weighted by atomic mass is 10.1. The van der Waals surface area contributed by atoms with E-state index in [1.807, 2.05) is 31.3 Å². The van der Waals surface area contributed by atoms with E-state index in [-0.39, 0.29) is 5.69 Å². The zero-order valence-electron chi connectivity index (χ0n) is 12.6. The number of nitrogens with zero attached hydrogens (tertiary/aromatic N) is 2. The Hall–Kier alpha value is -2.93. The smallest absolute Gasteiger partial charge is 0.293 e. The minimum atomic E-state index is -0.409. The zero-order valence-corrected chi connectivity index (χ0v) is 12.6. The zero-order chi connectivity index (χ0) is 16.2. The van der Waals surface area contributed by atoms with E-state index in [4.69, 9.17) is 4.42 Å². The molecule has 0 bridgehead atoms. The maximum Gasteiger partial charge on any atom is 0.293 e. The number of nitro groups is 1. The number of nitro benzene ring substituents is 1. The number of nitrogens with one attached hydrogen (secondary N) is 2. The number of fused-ring (bicyclic) bond motifs is 1. The number of likely N-dealkylation sites (N-methyl/N-ethyl adjacent to an activating group) is 1. The number of rotatable bonds is 6. The highest BCUT2D eigenvalue weighted by Gasteiger charge is 2.17. The predicted octanol–water partition coefficient (Wildman–Crippen LogP) is 3.03. The third-order valence-corrected chi connectivity index (χ3v) is 3.43. The molecular weight excluding hydrogens is 296 g/mol. The van der Waals surface area contributed by atoms with Crippen molar-refractivity contribution in [2.45, 2.75) is 0 Å². The topological polar surface area (TPSA) is 93.2 Å². The summed E-state index contributed by atoms with van der Waals surface area (Å²) in [7, 11) is 1.83. The minimum Gasteiger partial charge on any atom is -0.436 e. The van der Waals surface area contributed by atoms with Gasteiger partial charge in [0.05, 0.1) is 4.92 Å². The first-order valence-electron chi connectivity index (χ1n) is 7.22. The highest BCUT2D eigenvalue weighted by molar-refractivity contribution is 5.77. The van der Waals surface area contributed by atoms with E-state index in [0.29, 0.717) is 35.8 Å². The Morgan fingerprint density at radius 2 is 2.04 bits per heavy atom. The van der Waals surface area contributed by atoms with E-state index in [0.717, 1.165) is 5.52 Å². The summed E-state index contributed by atoms with van der Waals surface area (Å²) in [6.45, 7) is 1.31. The molecule has 2 aromatic carbocycles. The molecule has 0 aliphatic carbocycles. The second-order valence-corrected chi connectivity index (χ2v) is 5.01. The Morgan fingerprint density at radius 1 is 1.22 bits per heavy atom. The van der Waals surface area contributed by atoms with Gasteiger partial charge in [0.15, 0.2) is 5.58 Å². The molecule has 7 heteroatoms. The summed E-state index contributed by atoms with van der Waals surface area (Å²) in [5, 5.41) is 17.3. The molecule has 3 rings (SSSR count). The van der Waals surface area contributed by atoms with E-state index in [2.05, 4.69) is 15.6 Å². The lowest BCUT2D eigenvalue weighted by Gasteiger charge is -2.07. The van der Waals surface area contributed by atoms with Crippen LogP contribution in [-0.4, -0.2) is 30.0 Å². The summed E-state index contributed by atoms with van der Waals surface area (Å²) in [5.74, 6) is 0.371. The molecule has 0 amide bonds. The predicted molar refractivity (Wildman–Crippen MR) is 88.5 cm³/mol. The van der Waals surface area contributed by atoms with Gasteiger partial charge in [-0.25, -0.2) is 4.98 Å². The molecule has 1 heterocycles. The third-order valence-electron chi connectivity index (χ3n) is 3.43. The van der Waals surface area contributed by atoms with Gasteiger partial charge in [0.25, 0.3) is 5.69 Å². The Balaban J connectivity index is 1.96. The van der Waals surface area contributed by atoms with Crippen molar-refractivity contribution in [2.75, 3.05) is 25.5 Å². The van der Waals surface area contributed by atoms with Crippen LogP contribution in [0.25, 0.3) is 22.6 Å². The van der Waals surface area contributed by atoms with E-state index >= 15 is 0 Å². The van der Waals surface area contributed by atoms with Crippen LogP contribution in [0.5, 0.6) is 0 Å². The van der Waals surface area contributed by atoms with Crippen LogP contribution < -0.4 is 10.6 Å². The van der Waals surface area contributed by atoms with Crippen molar-refractivity contribution >= 4 is 22.5 Å². The fourth-order valence-electron chi connectivity index (χ4n) is 2.28. The van der Waals surface area contributed by atoms with Gasteiger partial charge in [0.1, 0.15) is 11.2 Å². The summed E-state index contributed by atoms with van der Waals surface area (Å²) in [4.78, 5) is 15.3. The monoisotopic (exact) mass is 312 g/mol. The standard InChI is InChI=1S/C16H16N4O3/c1-17-8-9-18-12-7-6-11(10-14(12)20(21)22)16-19-13-4-2-3-5-15(13)23-16/h2-7,10,17-18H,8-9H2,1H3. The SMILES string of the molecule is CNCCNc1ccc(-c2nc3ccccc3o2)cc1[N+](=O)[O-]. The van der Waals surface area contributed by atoms with Crippen LogP contribution in [-0.2, 0) is 0 Å². The normalized spacial score (nSPS) is 10.8. The van der Waals surface area contributed by atoms with E-state index in [1.165, 1.54) is 6.07 Å². The van der Waals surface area contributed by atoms with Gasteiger partial charge in [-0.05, 0) is 31.3 Å². The van der Waals surface area contributed by atoms with Gasteiger partial charge in [-0.2, -0.15) is 0 Å². The number of anilines is 1. The van der Waals surface area contributed by atoms with Crippen LogP contribution >= 0.6 is 0 Å². The lowest BCUT2D eigenvalue weighted by Crippen LogP contribution is -2.18. The largest absolute Gasteiger partial charge is 0.436 e. The molecule has 0 unspecified atom stereocenters. The van der Waals surface area contributed by atoms with Crippen LogP contribution in [0.1, 0.15) is 0 Å². The molecule has 3 aromatic rings. The molecule has 0 atom stereocenters. The molecule has 0 spiro atoms. The van der Waals surface area contributed by atoms with E-state index in [1.54, 1.807) is 12.1 Å². The van der Waals surface area contributed by atoms with Crippen LogP contribution in [0.3, 0.4) is 0 Å². The molecule has 0 radical (unpaired) electrons. The lowest BCUT2D eigenvalue weighted by molar-refractivity contribution is -0.383. The third kappa shape index (κ3) is 3.14. The molecule has 7 nitrogen and oxygen atoms in total. The first kappa shape index (κ1) is 15.0. The summed E-state index contributed by atoms with van der Waals surface area (Å²) in [6, 6.07) is 12.3. The van der Waals surface area contributed by atoms with Crippen molar-refractivity contribution in [3.8, 4) is 11.5 Å². The molecule has 0 fully saturated rings. The number of para-hydroxylation sites is 2. The van der Waals surface area contributed by atoms with Crippen LogP contribution in [0.15, 0.2) is 46.9 Å². The Kier molecular flexibility index (Phi) is 4.20. The Labute approximate surface area is 132 Å². The van der Waals surface area contributed by atoms with E-state index in [9.17, 15) is 10.1 Å². The number of aromatic nitrogens is 1. The molecule has 118 valence electrons. The first-order valence-corrected chi connectivity index (χ1v) is 7.22. The molecule has 0 saturated heterocycles. The molecule has 1 aromatic heterocycles. The molecule has 0 saturated carbocycles. The molecule has 23 heavy (non-hydrogen) atoms. The second-order valence-electron chi connectivity index (χ2n) is 5.01. The highest BCUT2D eigenvalue weighted by Crippen LogP contribution is 2.31. The van der Waals surface area contributed by atoms with Gasteiger partial charge in [-0.15, -0.1) is 0 Å². The molecule has 0 aliphatic heterocycles. The van der Waals surface area contributed by atoms with Gasteiger partial charge in [0, 0.05) is 24.7 Å². The summed E-state index contributed by atoms with van der Waals surface area (Å²) < 4.78 is 5.66. The fraction of sp³-hybridized carbons (Fsp3) is 0.188. The van der Waals surface area contributed by atoms with Gasteiger partial charge in [-0.1, -0.05) is 12.1 Å². The van der Waals surface area contributed by atoms with Crippen LogP contribution in [0, 0.1) is 10.1 Å². The maximum absolute atomic E-state index is 11.3. The van der Waals surface area contributed by atoms with Gasteiger partial charge in [-0.3, -0.25) is 10.1 Å². The van der Waals surface area contributed by atoms with Crippen LogP contribution in [0.2, 0.25) is 0 Å². The number of hydrogen-bond donors (Lipinski definition) is 2. The van der Waals surface area contributed by atoms with Crippen molar-refractivity contribution in [3.05, 3.63) is 52.6 Å². The van der Waals surface area contributed by atoms with Gasteiger partial charge in [0.2, 0.25) is 5.89 Å². The first-order chi connectivity index (χ1) is 11.2. The summed E-state index contributed by atoms with van der Waals surface area (Å²) in [5.41, 5.74) is 2.43. The number of hydrogen-bond acceptors (Lipinski definition) is 6.